The van der Waals surface area contributed by atoms with Crippen molar-refractivity contribution in [3.05, 3.63) is 69.9 Å². The lowest BCUT2D eigenvalue weighted by atomic mass is 9.97. The smallest absolute Gasteiger partial charge is 0.264 e. The van der Waals surface area contributed by atoms with Gasteiger partial charge in [0.2, 0.25) is 11.8 Å². The molecule has 2 N–H and O–H groups in total. The summed E-state index contributed by atoms with van der Waals surface area (Å²) in [6.07, 6.45) is 5.07. The predicted octanol–water partition coefficient (Wildman–Crippen LogP) is 2.62. The number of carbonyl (C=O) groups excluding carboxylic acids is 3. The molecule has 0 saturated carbocycles. The zero-order valence-corrected chi connectivity index (χ0v) is 21.1. The fourth-order valence-corrected chi connectivity index (χ4v) is 5.34. The van der Waals surface area contributed by atoms with Crippen LogP contribution in [-0.2, 0) is 14.3 Å². The van der Waals surface area contributed by atoms with Crippen LogP contribution in [0.1, 0.15) is 59.5 Å². The second-order valence-corrected chi connectivity index (χ2v) is 9.81. The van der Waals surface area contributed by atoms with Gasteiger partial charge in [-0.1, -0.05) is 6.07 Å². The van der Waals surface area contributed by atoms with Crippen molar-refractivity contribution < 1.29 is 23.5 Å². The Balaban J connectivity index is 1.35. The predicted molar refractivity (Wildman–Crippen MR) is 138 cm³/mol. The van der Waals surface area contributed by atoms with E-state index < -0.39 is 35.1 Å². The highest BCUT2D eigenvalue weighted by atomic mass is 19.1. The fraction of sp³-hybridized carbons (Fsp3) is 0.333. The van der Waals surface area contributed by atoms with E-state index in [1.54, 1.807) is 31.3 Å². The summed E-state index contributed by atoms with van der Waals surface area (Å²) in [5, 5.41) is 5.07. The van der Waals surface area contributed by atoms with E-state index in [4.69, 9.17) is 4.74 Å². The van der Waals surface area contributed by atoms with Crippen LogP contribution in [0.4, 0.5) is 10.1 Å². The molecule has 2 aliphatic rings. The van der Waals surface area contributed by atoms with Gasteiger partial charge in [0, 0.05) is 37.9 Å². The van der Waals surface area contributed by atoms with Crippen molar-refractivity contribution in [3.63, 3.8) is 0 Å². The van der Waals surface area contributed by atoms with Crippen LogP contribution in [-0.4, -0.2) is 49.9 Å². The molecule has 200 valence electrons. The van der Waals surface area contributed by atoms with Crippen LogP contribution in [0.2, 0.25) is 0 Å². The second-order valence-electron chi connectivity index (χ2n) is 9.81. The van der Waals surface area contributed by atoms with E-state index in [2.05, 4.69) is 20.6 Å². The van der Waals surface area contributed by atoms with Gasteiger partial charge in [-0.2, -0.15) is 0 Å². The molecule has 12 heteroatoms. The molecule has 1 atom stereocenters. The van der Waals surface area contributed by atoms with Crippen LogP contribution in [0, 0.1) is 12.7 Å². The second kappa shape index (κ2) is 9.70. The van der Waals surface area contributed by atoms with Gasteiger partial charge in [-0.05, 0) is 44.4 Å². The highest BCUT2D eigenvalue weighted by Crippen LogP contribution is 2.28. The molecule has 5 heterocycles. The van der Waals surface area contributed by atoms with Crippen molar-refractivity contribution in [1.29, 1.82) is 0 Å². The average molecular weight is 533 g/mol. The normalized spacial score (nSPS) is 18.5. The molecular weight excluding hydrogens is 507 g/mol. The number of ether oxygens (including phenoxy) is 1. The first-order valence-electron chi connectivity index (χ1n) is 12.7. The molecule has 11 nitrogen and oxygen atoms in total. The molecular formula is C27H25FN6O5. The van der Waals surface area contributed by atoms with Crippen LogP contribution in [0.15, 0.2) is 41.5 Å². The van der Waals surface area contributed by atoms with Crippen LogP contribution in [0.3, 0.4) is 0 Å². The van der Waals surface area contributed by atoms with Gasteiger partial charge in [0.05, 0.1) is 27.8 Å². The molecule has 6 rings (SSSR count). The zero-order chi connectivity index (χ0) is 27.3. The number of amides is 3. The molecule has 2 saturated heterocycles. The monoisotopic (exact) mass is 532 g/mol. The number of benzene rings is 1. The molecule has 0 bridgehead atoms. The van der Waals surface area contributed by atoms with Crippen molar-refractivity contribution >= 4 is 40.0 Å². The van der Waals surface area contributed by atoms with Gasteiger partial charge in [0.15, 0.2) is 11.5 Å². The first-order chi connectivity index (χ1) is 18.8. The Morgan fingerprint density at radius 2 is 1.92 bits per heavy atom. The Bertz CT molecular complexity index is 1720. The largest absolute Gasteiger partial charge is 0.381 e. The van der Waals surface area contributed by atoms with Gasteiger partial charge in [0.1, 0.15) is 11.9 Å². The summed E-state index contributed by atoms with van der Waals surface area (Å²) in [7, 11) is 0. The summed E-state index contributed by atoms with van der Waals surface area (Å²) in [5.74, 6) is -1.78. The van der Waals surface area contributed by atoms with Gasteiger partial charge in [-0.25, -0.2) is 14.4 Å². The molecule has 3 aromatic heterocycles. The van der Waals surface area contributed by atoms with Gasteiger partial charge in [-0.3, -0.25) is 29.1 Å². The molecule has 39 heavy (non-hydrogen) atoms. The minimum Gasteiger partial charge on any atom is -0.381 e. The van der Waals surface area contributed by atoms with Crippen molar-refractivity contribution in [3.8, 4) is 0 Å². The highest BCUT2D eigenvalue weighted by Gasteiger charge is 2.31. The standard InChI is InChI=1S/C27H25FN6O5/c1-14-29-18-3-2-4-19(23(18)27(38)34(14)21-5-6-22(35)32-26(21)37)31-25(36)16-11-17(28)24-30-20(13-33(24)12-16)15-7-9-39-10-8-15/h2-4,11-13,15,21H,5-10H2,1H3,(H,31,36)(H,32,35,37). The molecule has 1 unspecified atom stereocenters. The van der Waals surface area contributed by atoms with E-state index in [0.717, 1.165) is 24.6 Å². The zero-order valence-electron chi connectivity index (χ0n) is 21.1. The van der Waals surface area contributed by atoms with Crippen molar-refractivity contribution in [2.45, 2.75) is 44.6 Å². The number of rotatable bonds is 4. The molecule has 0 aliphatic carbocycles. The minimum atomic E-state index is -0.904. The third-order valence-electron chi connectivity index (χ3n) is 7.30. The van der Waals surface area contributed by atoms with Gasteiger partial charge in [0.25, 0.3) is 11.5 Å². The van der Waals surface area contributed by atoms with Gasteiger partial charge < -0.3 is 14.5 Å². The first kappa shape index (κ1) is 24.9. The van der Waals surface area contributed by atoms with Crippen molar-refractivity contribution in [2.24, 2.45) is 0 Å². The van der Waals surface area contributed by atoms with Gasteiger partial charge >= 0.3 is 0 Å². The van der Waals surface area contributed by atoms with E-state index in [9.17, 15) is 23.6 Å². The number of nitrogens with one attached hydrogen (secondary N) is 2. The van der Waals surface area contributed by atoms with E-state index in [1.165, 1.54) is 15.2 Å². The van der Waals surface area contributed by atoms with E-state index >= 15 is 0 Å². The van der Waals surface area contributed by atoms with Gasteiger partial charge in [-0.15, -0.1) is 0 Å². The maximum atomic E-state index is 15.0. The maximum Gasteiger partial charge on any atom is 0.264 e. The molecule has 0 radical (unpaired) electrons. The number of pyridine rings is 1. The number of hydrogen-bond donors (Lipinski definition) is 2. The number of imidazole rings is 1. The SMILES string of the molecule is Cc1nc2cccc(NC(=O)c3cc(F)c4nc(C5CCOCC5)cn4c3)c2c(=O)n1C1CCC(=O)NC1=O. The quantitative estimate of drug-likeness (QED) is 0.386. The first-order valence-corrected chi connectivity index (χ1v) is 12.7. The minimum absolute atomic E-state index is 0.0403. The number of nitrogens with zero attached hydrogens (tertiary/aromatic N) is 4. The van der Waals surface area contributed by atoms with Crippen LogP contribution in [0.5, 0.6) is 0 Å². The molecule has 2 fully saturated rings. The number of fused-ring (bicyclic) bond motifs is 2. The van der Waals surface area contributed by atoms with Crippen molar-refractivity contribution in [2.75, 3.05) is 18.5 Å². The summed E-state index contributed by atoms with van der Waals surface area (Å²) >= 11 is 0. The highest BCUT2D eigenvalue weighted by molar-refractivity contribution is 6.08. The number of aryl methyl sites for hydroxylation is 1. The molecule has 2 aliphatic heterocycles. The summed E-state index contributed by atoms with van der Waals surface area (Å²) in [5.41, 5.74) is 0.893. The summed E-state index contributed by atoms with van der Waals surface area (Å²) in [6, 6.07) is 5.02. The molecule has 4 aromatic rings. The van der Waals surface area contributed by atoms with Crippen LogP contribution in [0.25, 0.3) is 16.6 Å². The Morgan fingerprint density at radius 3 is 2.69 bits per heavy atom. The number of anilines is 1. The Hall–Kier alpha value is -4.45. The molecule has 3 amide bonds. The third kappa shape index (κ3) is 4.46. The Kier molecular flexibility index (Phi) is 6.18. The number of carbonyl (C=O) groups is 3. The fourth-order valence-electron chi connectivity index (χ4n) is 5.34. The third-order valence-corrected chi connectivity index (χ3v) is 7.30. The Morgan fingerprint density at radius 1 is 1.13 bits per heavy atom. The van der Waals surface area contributed by atoms with Crippen molar-refractivity contribution in [1.82, 2.24) is 24.3 Å². The summed E-state index contributed by atoms with van der Waals surface area (Å²) in [4.78, 5) is 59.9. The number of piperidine rings is 1. The maximum absolute atomic E-state index is 15.0. The van der Waals surface area contributed by atoms with Crippen LogP contribution >= 0.6 is 0 Å². The number of aromatic nitrogens is 4. The molecule has 0 spiro atoms. The summed E-state index contributed by atoms with van der Waals surface area (Å²) < 4.78 is 23.1. The number of halogens is 1. The number of hydrogen-bond acceptors (Lipinski definition) is 7. The average Bonchev–Trinajstić information content (AvgIpc) is 3.35. The van der Waals surface area contributed by atoms with E-state index in [1.807, 2.05) is 0 Å². The topological polar surface area (TPSA) is 137 Å². The lowest BCUT2D eigenvalue weighted by Gasteiger charge is -2.24. The lowest BCUT2D eigenvalue weighted by molar-refractivity contribution is -0.135. The lowest BCUT2D eigenvalue weighted by Crippen LogP contribution is -2.45. The van der Waals surface area contributed by atoms with E-state index in [-0.39, 0.29) is 41.0 Å². The van der Waals surface area contributed by atoms with E-state index in [0.29, 0.717) is 24.6 Å². The molecule has 1 aromatic carbocycles. The Labute approximate surface area is 221 Å². The number of imide groups is 1. The van der Waals surface area contributed by atoms with Crippen LogP contribution < -0.4 is 16.2 Å². The summed E-state index contributed by atoms with van der Waals surface area (Å²) in [6.45, 7) is 2.85.